The van der Waals surface area contributed by atoms with Gasteiger partial charge >= 0.3 is 6.09 Å². The minimum absolute atomic E-state index is 0.286. The lowest BCUT2D eigenvalue weighted by atomic mass is 10.2. The Morgan fingerprint density at radius 1 is 0.903 bits per heavy atom. The topological polar surface area (TPSA) is 62.7 Å². The lowest BCUT2D eigenvalue weighted by molar-refractivity contribution is 0.132. The van der Waals surface area contributed by atoms with Gasteiger partial charge in [0.15, 0.2) is 0 Å². The van der Waals surface area contributed by atoms with E-state index in [1.807, 2.05) is 84.9 Å². The summed E-state index contributed by atoms with van der Waals surface area (Å²) in [5.41, 5.74) is 4.04. The highest BCUT2D eigenvalue weighted by Crippen LogP contribution is 2.29. The van der Waals surface area contributed by atoms with Crippen LogP contribution in [-0.2, 0) is 6.54 Å². The fraction of sp³-hybridized carbons (Fsp3) is 0.120. The molecule has 1 amide bonds. The van der Waals surface area contributed by atoms with Crippen molar-refractivity contribution in [3.8, 4) is 27.6 Å². The summed E-state index contributed by atoms with van der Waals surface area (Å²) in [6.45, 7) is 0.916. The van der Waals surface area contributed by atoms with Gasteiger partial charge in [-0.25, -0.2) is 9.78 Å². The number of nitrogens with zero attached hydrogens (tertiary/aromatic N) is 2. The Bertz CT molecular complexity index is 1110. The van der Waals surface area contributed by atoms with Crippen molar-refractivity contribution in [2.45, 2.75) is 6.54 Å². The molecule has 0 saturated carbocycles. The normalized spacial score (nSPS) is 10.6. The number of hydrogen-bond acceptors (Lipinski definition) is 4. The third kappa shape index (κ3) is 5.49. The van der Waals surface area contributed by atoms with Crippen molar-refractivity contribution in [3.63, 3.8) is 0 Å². The summed E-state index contributed by atoms with van der Waals surface area (Å²) in [5.74, 6) is 0.702. The highest BCUT2D eigenvalue weighted by atomic mass is 32.1. The summed E-state index contributed by atoms with van der Waals surface area (Å²) in [7, 11) is 0. The van der Waals surface area contributed by atoms with Crippen LogP contribution in [-0.4, -0.2) is 34.2 Å². The molecule has 0 aliphatic carbocycles. The highest BCUT2D eigenvalue weighted by Gasteiger charge is 2.12. The summed E-state index contributed by atoms with van der Waals surface area (Å²) in [4.78, 5) is 17.6. The van der Waals surface area contributed by atoms with Gasteiger partial charge in [0.05, 0.1) is 12.2 Å². The third-order valence-electron chi connectivity index (χ3n) is 4.79. The molecular weight excluding hydrogens is 408 g/mol. The van der Waals surface area contributed by atoms with Crippen LogP contribution in [0.2, 0.25) is 0 Å². The number of carboxylic acid groups (broad SMARTS) is 1. The van der Waals surface area contributed by atoms with E-state index in [2.05, 4.69) is 5.38 Å². The van der Waals surface area contributed by atoms with Crippen LogP contribution in [0.4, 0.5) is 4.79 Å². The summed E-state index contributed by atoms with van der Waals surface area (Å²) < 4.78 is 5.77. The predicted octanol–water partition coefficient (Wildman–Crippen LogP) is 6.04. The zero-order chi connectivity index (χ0) is 21.5. The third-order valence-corrected chi connectivity index (χ3v) is 5.68. The second-order valence-corrected chi connectivity index (χ2v) is 7.82. The SMILES string of the molecule is O=C(O)N(CCOc1ccc(-c2nc(-c3ccccc3)cs2)cc1)Cc1ccccc1. The number of thiazole rings is 1. The van der Waals surface area contributed by atoms with Crippen molar-refractivity contribution in [2.24, 2.45) is 0 Å². The second kappa shape index (κ2) is 9.91. The number of amides is 1. The molecule has 0 fully saturated rings. The summed E-state index contributed by atoms with van der Waals surface area (Å²) >= 11 is 1.61. The molecule has 1 heterocycles. The van der Waals surface area contributed by atoms with Gasteiger partial charge in [-0.3, -0.25) is 0 Å². The molecule has 31 heavy (non-hydrogen) atoms. The quantitative estimate of drug-likeness (QED) is 0.370. The number of aromatic nitrogens is 1. The second-order valence-electron chi connectivity index (χ2n) is 6.97. The van der Waals surface area contributed by atoms with E-state index >= 15 is 0 Å². The first-order valence-corrected chi connectivity index (χ1v) is 10.8. The van der Waals surface area contributed by atoms with E-state index in [9.17, 15) is 9.90 Å². The predicted molar refractivity (Wildman–Crippen MR) is 123 cm³/mol. The number of hydrogen-bond donors (Lipinski definition) is 1. The van der Waals surface area contributed by atoms with Crippen molar-refractivity contribution < 1.29 is 14.6 Å². The molecule has 6 heteroatoms. The maximum Gasteiger partial charge on any atom is 0.407 e. The molecule has 0 radical (unpaired) electrons. The van der Waals surface area contributed by atoms with E-state index in [4.69, 9.17) is 9.72 Å². The molecule has 4 rings (SSSR count). The lowest BCUT2D eigenvalue weighted by Crippen LogP contribution is -2.32. The van der Waals surface area contributed by atoms with Crippen LogP contribution in [0.3, 0.4) is 0 Å². The molecule has 3 aromatic carbocycles. The van der Waals surface area contributed by atoms with Gasteiger partial charge < -0.3 is 14.7 Å². The Morgan fingerprint density at radius 3 is 2.26 bits per heavy atom. The van der Waals surface area contributed by atoms with Crippen molar-refractivity contribution in [1.29, 1.82) is 0 Å². The summed E-state index contributed by atoms with van der Waals surface area (Å²) in [6, 6.07) is 27.4. The zero-order valence-corrected chi connectivity index (χ0v) is 17.7. The minimum Gasteiger partial charge on any atom is -0.492 e. The van der Waals surface area contributed by atoms with E-state index < -0.39 is 6.09 Å². The van der Waals surface area contributed by atoms with Gasteiger partial charge in [-0.05, 0) is 29.8 Å². The molecule has 0 saturated heterocycles. The first-order valence-electron chi connectivity index (χ1n) is 9.95. The molecule has 1 N–H and O–H groups in total. The van der Waals surface area contributed by atoms with Crippen LogP contribution < -0.4 is 4.74 Å². The van der Waals surface area contributed by atoms with Crippen molar-refractivity contribution in [1.82, 2.24) is 9.88 Å². The van der Waals surface area contributed by atoms with Crippen molar-refractivity contribution >= 4 is 17.4 Å². The van der Waals surface area contributed by atoms with Crippen LogP contribution in [0.25, 0.3) is 21.8 Å². The van der Waals surface area contributed by atoms with Gasteiger partial charge in [-0.15, -0.1) is 11.3 Å². The maximum atomic E-state index is 11.5. The molecule has 0 aliphatic rings. The highest BCUT2D eigenvalue weighted by molar-refractivity contribution is 7.13. The van der Waals surface area contributed by atoms with E-state index in [0.29, 0.717) is 18.8 Å². The Kier molecular flexibility index (Phi) is 6.59. The first kappa shape index (κ1) is 20.6. The van der Waals surface area contributed by atoms with E-state index in [1.54, 1.807) is 11.3 Å². The van der Waals surface area contributed by atoms with Crippen LogP contribution in [0.15, 0.2) is 90.3 Å². The van der Waals surface area contributed by atoms with E-state index in [-0.39, 0.29) is 6.61 Å². The molecule has 156 valence electrons. The Hall–Kier alpha value is -3.64. The Morgan fingerprint density at radius 2 is 1.58 bits per heavy atom. The maximum absolute atomic E-state index is 11.5. The smallest absolute Gasteiger partial charge is 0.407 e. The summed E-state index contributed by atoms with van der Waals surface area (Å²) in [5, 5.41) is 12.5. The van der Waals surface area contributed by atoms with Gasteiger partial charge in [0.2, 0.25) is 0 Å². The lowest BCUT2D eigenvalue weighted by Gasteiger charge is -2.19. The van der Waals surface area contributed by atoms with Gasteiger partial charge in [0, 0.05) is 23.1 Å². The number of ether oxygens (including phenoxy) is 1. The number of rotatable bonds is 8. The van der Waals surface area contributed by atoms with Crippen LogP contribution in [0, 0.1) is 0 Å². The average Bonchev–Trinajstić information content (AvgIpc) is 3.30. The fourth-order valence-corrected chi connectivity index (χ4v) is 4.00. The largest absolute Gasteiger partial charge is 0.492 e. The molecule has 0 aliphatic heterocycles. The van der Waals surface area contributed by atoms with Gasteiger partial charge in [-0.2, -0.15) is 0 Å². The zero-order valence-electron chi connectivity index (χ0n) is 16.8. The monoisotopic (exact) mass is 430 g/mol. The molecule has 4 aromatic rings. The fourth-order valence-electron chi connectivity index (χ4n) is 3.16. The Labute approximate surface area is 185 Å². The van der Waals surface area contributed by atoms with Gasteiger partial charge in [0.1, 0.15) is 17.4 Å². The van der Waals surface area contributed by atoms with Crippen LogP contribution >= 0.6 is 11.3 Å². The van der Waals surface area contributed by atoms with Crippen molar-refractivity contribution in [3.05, 3.63) is 95.9 Å². The first-order chi connectivity index (χ1) is 15.2. The molecule has 0 spiro atoms. The van der Waals surface area contributed by atoms with E-state index in [1.165, 1.54) is 4.90 Å². The average molecular weight is 431 g/mol. The summed E-state index contributed by atoms with van der Waals surface area (Å²) in [6.07, 6.45) is -0.958. The van der Waals surface area contributed by atoms with E-state index in [0.717, 1.165) is 27.4 Å². The molecule has 1 aromatic heterocycles. The van der Waals surface area contributed by atoms with Gasteiger partial charge in [0.25, 0.3) is 0 Å². The number of carbonyl (C=O) groups is 1. The van der Waals surface area contributed by atoms with Gasteiger partial charge in [-0.1, -0.05) is 60.7 Å². The van der Waals surface area contributed by atoms with Crippen molar-refractivity contribution in [2.75, 3.05) is 13.2 Å². The van der Waals surface area contributed by atoms with Crippen LogP contribution in [0.5, 0.6) is 5.75 Å². The molecule has 0 unspecified atom stereocenters. The Balaban J connectivity index is 1.33. The molecule has 0 bridgehead atoms. The molecule has 0 atom stereocenters. The standard InChI is InChI=1S/C25H22N2O3S/c28-25(29)27(17-19-7-3-1-4-8-19)15-16-30-22-13-11-21(12-14-22)24-26-23(18-31-24)20-9-5-2-6-10-20/h1-14,18H,15-17H2,(H,28,29). The molecular formula is C25H22N2O3S. The number of benzene rings is 3. The molecule has 5 nitrogen and oxygen atoms in total. The minimum atomic E-state index is -0.958. The van der Waals surface area contributed by atoms with Crippen LogP contribution in [0.1, 0.15) is 5.56 Å².